The maximum atomic E-state index is 12.1. The van der Waals surface area contributed by atoms with Crippen LogP contribution in [0.2, 0.25) is 10.0 Å². The van der Waals surface area contributed by atoms with Crippen LogP contribution in [0, 0.1) is 0 Å². The third-order valence-corrected chi connectivity index (χ3v) is 3.89. The highest BCUT2D eigenvalue weighted by Crippen LogP contribution is 2.20. The summed E-state index contributed by atoms with van der Waals surface area (Å²) in [5.74, 6) is 0. The van der Waals surface area contributed by atoms with Crippen LogP contribution >= 0.6 is 23.2 Å². The fourth-order valence-electron chi connectivity index (χ4n) is 2.45. The molecule has 2 rings (SSSR count). The van der Waals surface area contributed by atoms with Crippen molar-refractivity contribution in [2.75, 3.05) is 13.1 Å². The Labute approximate surface area is 157 Å². The van der Waals surface area contributed by atoms with Crippen molar-refractivity contribution in [3.63, 3.8) is 0 Å². The van der Waals surface area contributed by atoms with Crippen LogP contribution < -0.4 is 5.32 Å². The summed E-state index contributed by atoms with van der Waals surface area (Å²) in [4.78, 5) is 25.5. The van der Waals surface area contributed by atoms with Crippen molar-refractivity contribution in [1.82, 2.24) is 10.2 Å². The predicted octanol–water partition coefficient (Wildman–Crippen LogP) is 4.23. The first kappa shape index (κ1) is 19.7. The third-order valence-electron chi connectivity index (χ3n) is 3.45. The Morgan fingerprint density at radius 1 is 1.24 bits per heavy atom. The van der Waals surface area contributed by atoms with Crippen molar-refractivity contribution >= 4 is 35.4 Å². The molecule has 0 saturated carbocycles. The zero-order chi connectivity index (χ0) is 18.6. The quantitative estimate of drug-likeness (QED) is 0.840. The van der Waals surface area contributed by atoms with Crippen LogP contribution in [0.4, 0.5) is 9.59 Å². The molecule has 1 aliphatic rings. The minimum absolute atomic E-state index is 0.0831. The summed E-state index contributed by atoms with van der Waals surface area (Å²) < 4.78 is 10.5. The molecule has 25 heavy (non-hydrogen) atoms. The van der Waals surface area contributed by atoms with E-state index < -0.39 is 17.8 Å². The second kappa shape index (κ2) is 8.15. The first-order chi connectivity index (χ1) is 11.6. The fraction of sp³-hybridized carbons (Fsp3) is 0.529. The van der Waals surface area contributed by atoms with E-state index in [9.17, 15) is 9.59 Å². The highest BCUT2D eigenvalue weighted by Gasteiger charge is 2.29. The number of nitrogens with zero attached hydrogens (tertiary/aromatic N) is 1. The molecule has 8 heteroatoms. The SMILES string of the molecule is CC(C)(C)OC(=O)N[C@@H]1CCN(C(=O)OCc2cc(Cl)cc(Cl)c2)C1. The maximum Gasteiger partial charge on any atom is 0.410 e. The predicted molar refractivity (Wildman–Crippen MR) is 96.0 cm³/mol. The first-order valence-corrected chi connectivity index (χ1v) is 8.74. The number of alkyl carbamates (subject to hydrolysis) is 1. The highest BCUT2D eigenvalue weighted by atomic mass is 35.5. The minimum atomic E-state index is -0.556. The van der Waals surface area contributed by atoms with Gasteiger partial charge >= 0.3 is 12.2 Å². The molecule has 2 amide bonds. The van der Waals surface area contributed by atoms with Crippen LogP contribution in [0.5, 0.6) is 0 Å². The molecule has 0 bridgehead atoms. The van der Waals surface area contributed by atoms with Gasteiger partial charge in [-0.25, -0.2) is 9.59 Å². The number of ether oxygens (including phenoxy) is 2. The monoisotopic (exact) mass is 388 g/mol. The van der Waals surface area contributed by atoms with E-state index in [0.717, 1.165) is 0 Å². The van der Waals surface area contributed by atoms with Gasteiger partial charge in [0.2, 0.25) is 0 Å². The Hall–Kier alpha value is -1.66. The Morgan fingerprint density at radius 3 is 2.48 bits per heavy atom. The number of amides is 2. The highest BCUT2D eigenvalue weighted by molar-refractivity contribution is 6.34. The Morgan fingerprint density at radius 2 is 1.88 bits per heavy atom. The number of likely N-dealkylation sites (tertiary alicyclic amines) is 1. The molecule has 1 aliphatic heterocycles. The summed E-state index contributed by atoms with van der Waals surface area (Å²) in [6, 6.07) is 4.85. The van der Waals surface area contributed by atoms with Crippen LogP contribution in [-0.2, 0) is 16.1 Å². The van der Waals surface area contributed by atoms with Crippen LogP contribution in [0.15, 0.2) is 18.2 Å². The molecule has 1 saturated heterocycles. The molecular formula is C17H22Cl2N2O4. The van der Waals surface area contributed by atoms with Crippen molar-refractivity contribution in [1.29, 1.82) is 0 Å². The zero-order valence-corrected chi connectivity index (χ0v) is 16.0. The average Bonchev–Trinajstić information content (AvgIpc) is 2.90. The van der Waals surface area contributed by atoms with Crippen molar-refractivity contribution in [3.05, 3.63) is 33.8 Å². The minimum Gasteiger partial charge on any atom is -0.445 e. The van der Waals surface area contributed by atoms with Crippen molar-refractivity contribution in [2.45, 2.75) is 45.4 Å². The van der Waals surface area contributed by atoms with E-state index in [1.165, 1.54) is 0 Å². The van der Waals surface area contributed by atoms with Gasteiger partial charge in [-0.05, 0) is 51.0 Å². The largest absolute Gasteiger partial charge is 0.445 e. The summed E-state index contributed by atoms with van der Waals surface area (Å²) in [6.45, 7) is 6.37. The molecule has 1 aromatic carbocycles. The molecule has 1 heterocycles. The molecule has 1 N–H and O–H groups in total. The normalized spacial score (nSPS) is 17.3. The second-order valence-electron chi connectivity index (χ2n) is 6.91. The van der Waals surface area contributed by atoms with Crippen LogP contribution in [-0.4, -0.2) is 41.8 Å². The summed E-state index contributed by atoms with van der Waals surface area (Å²) in [6.07, 6.45) is -0.275. The Kier molecular flexibility index (Phi) is 6.41. The van der Waals surface area contributed by atoms with Gasteiger partial charge in [0.1, 0.15) is 12.2 Å². The Balaban J connectivity index is 1.79. The standard InChI is InChI=1S/C17H22Cl2N2O4/c1-17(2,3)25-15(22)20-14-4-5-21(9-14)16(23)24-10-11-6-12(18)8-13(19)7-11/h6-8,14H,4-5,9-10H2,1-3H3,(H,20,22)/t14-/m1/s1. The van der Waals surface area contributed by atoms with Crippen LogP contribution in [0.1, 0.15) is 32.8 Å². The number of halogens is 2. The molecule has 0 spiro atoms. The van der Waals surface area contributed by atoms with E-state index >= 15 is 0 Å². The third kappa shape index (κ3) is 6.63. The number of carbonyl (C=O) groups excluding carboxylic acids is 2. The summed E-state index contributed by atoms with van der Waals surface area (Å²) in [5.41, 5.74) is 0.160. The van der Waals surface area contributed by atoms with Gasteiger partial charge in [-0.3, -0.25) is 0 Å². The number of rotatable bonds is 3. The van der Waals surface area contributed by atoms with E-state index in [-0.39, 0.29) is 12.6 Å². The summed E-state index contributed by atoms with van der Waals surface area (Å²) in [5, 5.41) is 3.74. The molecule has 1 fully saturated rings. The number of benzene rings is 1. The lowest BCUT2D eigenvalue weighted by Gasteiger charge is -2.22. The molecule has 0 aromatic heterocycles. The average molecular weight is 389 g/mol. The van der Waals surface area contributed by atoms with Crippen LogP contribution in [0.25, 0.3) is 0 Å². The lowest BCUT2D eigenvalue weighted by Crippen LogP contribution is -2.41. The molecule has 0 radical (unpaired) electrons. The number of carbonyl (C=O) groups is 2. The number of nitrogens with one attached hydrogen (secondary N) is 1. The molecule has 1 aromatic rings. The van der Waals surface area contributed by atoms with Gasteiger partial charge in [0.05, 0.1) is 6.04 Å². The first-order valence-electron chi connectivity index (χ1n) is 7.98. The fourth-order valence-corrected chi connectivity index (χ4v) is 3.02. The topological polar surface area (TPSA) is 67.9 Å². The van der Waals surface area contributed by atoms with Crippen molar-refractivity contribution in [3.8, 4) is 0 Å². The molecule has 1 atom stereocenters. The van der Waals surface area contributed by atoms with E-state index in [1.807, 2.05) is 0 Å². The van der Waals surface area contributed by atoms with Gasteiger partial charge in [-0.2, -0.15) is 0 Å². The van der Waals surface area contributed by atoms with E-state index in [0.29, 0.717) is 35.1 Å². The van der Waals surface area contributed by atoms with E-state index in [2.05, 4.69) is 5.32 Å². The maximum absolute atomic E-state index is 12.1. The van der Waals surface area contributed by atoms with E-state index in [1.54, 1.807) is 43.9 Å². The molecule has 0 unspecified atom stereocenters. The second-order valence-corrected chi connectivity index (χ2v) is 7.78. The van der Waals surface area contributed by atoms with Crippen LogP contribution in [0.3, 0.4) is 0 Å². The van der Waals surface area contributed by atoms with Gasteiger partial charge < -0.3 is 19.7 Å². The molecule has 6 nitrogen and oxygen atoms in total. The smallest absolute Gasteiger partial charge is 0.410 e. The number of hydrogen-bond acceptors (Lipinski definition) is 4. The van der Waals surface area contributed by atoms with Gasteiger partial charge in [-0.1, -0.05) is 23.2 Å². The van der Waals surface area contributed by atoms with Gasteiger partial charge in [0.25, 0.3) is 0 Å². The molecule has 138 valence electrons. The van der Waals surface area contributed by atoms with Crippen molar-refractivity contribution in [2.24, 2.45) is 0 Å². The number of hydrogen-bond donors (Lipinski definition) is 1. The van der Waals surface area contributed by atoms with E-state index in [4.69, 9.17) is 32.7 Å². The lowest BCUT2D eigenvalue weighted by molar-refractivity contribution is 0.0503. The summed E-state index contributed by atoms with van der Waals surface area (Å²) in [7, 11) is 0. The van der Waals surface area contributed by atoms with Gasteiger partial charge in [0, 0.05) is 23.1 Å². The lowest BCUT2D eigenvalue weighted by atomic mass is 10.2. The summed E-state index contributed by atoms with van der Waals surface area (Å²) >= 11 is 11.8. The molecular weight excluding hydrogens is 367 g/mol. The Bertz CT molecular complexity index is 626. The van der Waals surface area contributed by atoms with Gasteiger partial charge in [-0.15, -0.1) is 0 Å². The van der Waals surface area contributed by atoms with Gasteiger partial charge in [0.15, 0.2) is 0 Å². The molecule has 0 aliphatic carbocycles. The zero-order valence-electron chi connectivity index (χ0n) is 14.5. The van der Waals surface area contributed by atoms with Crippen molar-refractivity contribution < 1.29 is 19.1 Å².